The lowest BCUT2D eigenvalue weighted by atomic mass is 10.1. The summed E-state index contributed by atoms with van der Waals surface area (Å²) in [6, 6.07) is 18.2. The van der Waals surface area contributed by atoms with Crippen molar-refractivity contribution in [1.29, 1.82) is 0 Å². The molecule has 0 unspecified atom stereocenters. The molecule has 0 fully saturated rings. The first-order valence-corrected chi connectivity index (χ1v) is 10.2. The van der Waals surface area contributed by atoms with Crippen LogP contribution >= 0.6 is 11.3 Å². The average molecular weight is 380 g/mol. The van der Waals surface area contributed by atoms with Crippen LogP contribution < -0.4 is 10.2 Å². The lowest BCUT2D eigenvalue weighted by molar-refractivity contribution is 0.306. The largest absolute Gasteiger partial charge is 0.494 e. The van der Waals surface area contributed by atoms with E-state index in [1.165, 1.54) is 12.8 Å². The molecule has 0 aliphatic rings. The number of anilines is 1. The molecule has 0 radical (unpaired) electrons. The van der Waals surface area contributed by atoms with Gasteiger partial charge in [0.2, 0.25) is 5.13 Å². The van der Waals surface area contributed by atoms with Crippen molar-refractivity contribution in [3.63, 3.8) is 0 Å². The summed E-state index contributed by atoms with van der Waals surface area (Å²) in [6.07, 6.45) is 3.51. The molecule has 0 saturated heterocycles. The highest BCUT2D eigenvalue weighted by molar-refractivity contribution is 7.14. The van der Waals surface area contributed by atoms with Crippen molar-refractivity contribution in [2.75, 3.05) is 12.0 Å². The first kappa shape index (κ1) is 19.1. The van der Waals surface area contributed by atoms with Crippen molar-refractivity contribution in [2.45, 2.75) is 33.1 Å². The molecule has 0 spiro atoms. The minimum absolute atomic E-state index is 0.773. The predicted molar refractivity (Wildman–Crippen MR) is 115 cm³/mol. The molecule has 1 heterocycles. The number of nitrogens with zero attached hydrogens (tertiary/aromatic N) is 2. The van der Waals surface area contributed by atoms with E-state index in [1.54, 1.807) is 11.3 Å². The lowest BCUT2D eigenvalue weighted by Crippen LogP contribution is -2.01. The third kappa shape index (κ3) is 5.66. The van der Waals surface area contributed by atoms with Gasteiger partial charge in [0.1, 0.15) is 5.75 Å². The van der Waals surface area contributed by atoms with Gasteiger partial charge in [0, 0.05) is 10.9 Å². The standard InChI is InChI=1S/C22H25N3OS/c1-3-4-8-15-26-20-13-11-18(12-14-20)17(2)24-25-22-23-21(16-27-22)19-9-6-5-7-10-19/h5-7,9-14,16H,3-4,8,15H2,1-2H3,(H,23,25)/b24-17-. The fourth-order valence-corrected chi connectivity index (χ4v) is 3.26. The van der Waals surface area contributed by atoms with E-state index in [1.807, 2.05) is 54.8 Å². The van der Waals surface area contributed by atoms with Gasteiger partial charge in [0.25, 0.3) is 0 Å². The number of thiazole rings is 1. The second-order valence-electron chi connectivity index (χ2n) is 6.29. The van der Waals surface area contributed by atoms with Gasteiger partial charge in [-0.15, -0.1) is 11.3 Å². The summed E-state index contributed by atoms with van der Waals surface area (Å²) in [5.74, 6) is 0.906. The van der Waals surface area contributed by atoms with Crippen LogP contribution in [0.4, 0.5) is 5.13 Å². The van der Waals surface area contributed by atoms with Gasteiger partial charge < -0.3 is 4.74 Å². The molecule has 27 heavy (non-hydrogen) atoms. The summed E-state index contributed by atoms with van der Waals surface area (Å²) in [7, 11) is 0. The number of hydrazone groups is 1. The van der Waals surface area contributed by atoms with Crippen LogP contribution in [0.15, 0.2) is 65.1 Å². The first-order chi connectivity index (χ1) is 13.3. The van der Waals surface area contributed by atoms with Gasteiger partial charge in [0.05, 0.1) is 18.0 Å². The summed E-state index contributed by atoms with van der Waals surface area (Å²) >= 11 is 1.55. The first-order valence-electron chi connectivity index (χ1n) is 9.30. The summed E-state index contributed by atoms with van der Waals surface area (Å²) in [5.41, 5.74) is 7.09. The van der Waals surface area contributed by atoms with Gasteiger partial charge >= 0.3 is 0 Å². The normalized spacial score (nSPS) is 11.4. The van der Waals surface area contributed by atoms with Crippen molar-refractivity contribution in [3.8, 4) is 17.0 Å². The van der Waals surface area contributed by atoms with Gasteiger partial charge in [-0.05, 0) is 43.2 Å². The molecule has 0 aliphatic carbocycles. The molecule has 0 amide bonds. The van der Waals surface area contributed by atoms with Crippen molar-refractivity contribution in [3.05, 3.63) is 65.5 Å². The highest BCUT2D eigenvalue weighted by atomic mass is 32.1. The smallest absolute Gasteiger partial charge is 0.203 e. The van der Waals surface area contributed by atoms with Gasteiger partial charge in [-0.2, -0.15) is 5.10 Å². The number of hydrogen-bond donors (Lipinski definition) is 1. The van der Waals surface area contributed by atoms with E-state index in [9.17, 15) is 0 Å². The lowest BCUT2D eigenvalue weighted by Gasteiger charge is -2.07. The Balaban J connectivity index is 1.57. The average Bonchev–Trinajstić information content (AvgIpc) is 3.20. The molecule has 1 N–H and O–H groups in total. The van der Waals surface area contributed by atoms with Gasteiger partial charge in [0.15, 0.2) is 0 Å². The van der Waals surface area contributed by atoms with Crippen LogP contribution in [0.2, 0.25) is 0 Å². The molecule has 5 heteroatoms. The van der Waals surface area contributed by atoms with Gasteiger partial charge in [-0.1, -0.05) is 50.1 Å². The Morgan fingerprint density at radius 2 is 1.85 bits per heavy atom. The Bertz CT molecular complexity index is 857. The Morgan fingerprint density at radius 1 is 1.07 bits per heavy atom. The van der Waals surface area contributed by atoms with E-state index in [4.69, 9.17) is 4.74 Å². The zero-order valence-corrected chi connectivity index (χ0v) is 16.6. The van der Waals surface area contributed by atoms with Crippen molar-refractivity contribution >= 4 is 22.2 Å². The second-order valence-corrected chi connectivity index (χ2v) is 7.15. The zero-order valence-electron chi connectivity index (χ0n) is 15.8. The predicted octanol–water partition coefficient (Wildman–Crippen LogP) is 6.22. The molecular weight excluding hydrogens is 354 g/mol. The topological polar surface area (TPSA) is 46.5 Å². The summed E-state index contributed by atoms with van der Waals surface area (Å²) in [5, 5.41) is 7.28. The molecule has 140 valence electrons. The number of rotatable bonds is 9. The Hall–Kier alpha value is -2.66. The fraction of sp³-hybridized carbons (Fsp3) is 0.273. The molecule has 3 rings (SSSR count). The van der Waals surface area contributed by atoms with Crippen LogP contribution in [-0.4, -0.2) is 17.3 Å². The molecule has 0 bridgehead atoms. The minimum atomic E-state index is 0.773. The summed E-state index contributed by atoms with van der Waals surface area (Å²) < 4.78 is 5.75. The van der Waals surface area contributed by atoms with Gasteiger partial charge in [-0.3, -0.25) is 5.43 Å². The van der Waals surface area contributed by atoms with Crippen LogP contribution in [-0.2, 0) is 0 Å². The summed E-state index contributed by atoms with van der Waals surface area (Å²) in [4.78, 5) is 4.59. The molecule has 0 saturated carbocycles. The van der Waals surface area contributed by atoms with Gasteiger partial charge in [-0.25, -0.2) is 4.98 Å². The van der Waals surface area contributed by atoms with E-state index >= 15 is 0 Å². The quantitative estimate of drug-likeness (QED) is 0.273. The van der Waals surface area contributed by atoms with Crippen molar-refractivity contribution in [1.82, 2.24) is 4.98 Å². The number of aromatic nitrogens is 1. The Morgan fingerprint density at radius 3 is 2.59 bits per heavy atom. The molecule has 3 aromatic rings. The SMILES string of the molecule is CCCCCOc1ccc(/C(C)=N\Nc2nc(-c3ccccc3)cs2)cc1. The molecule has 0 atom stereocenters. The van der Waals surface area contributed by atoms with Crippen LogP contribution in [0.3, 0.4) is 0 Å². The van der Waals surface area contributed by atoms with E-state index in [0.29, 0.717) is 0 Å². The maximum absolute atomic E-state index is 5.75. The van der Waals surface area contributed by atoms with E-state index in [2.05, 4.69) is 34.6 Å². The maximum atomic E-state index is 5.75. The third-order valence-corrected chi connectivity index (χ3v) is 4.93. The van der Waals surface area contributed by atoms with Crippen LogP contribution in [0.25, 0.3) is 11.3 Å². The molecule has 1 aromatic heterocycles. The molecule has 2 aromatic carbocycles. The number of nitrogens with one attached hydrogen (secondary N) is 1. The number of benzene rings is 2. The van der Waals surface area contributed by atoms with E-state index in [-0.39, 0.29) is 0 Å². The van der Waals surface area contributed by atoms with Crippen molar-refractivity contribution < 1.29 is 4.74 Å². The molecule has 4 nitrogen and oxygen atoms in total. The molecular formula is C22H25N3OS. The number of unbranched alkanes of at least 4 members (excludes halogenated alkanes) is 2. The zero-order chi connectivity index (χ0) is 18.9. The van der Waals surface area contributed by atoms with Crippen LogP contribution in [0.1, 0.15) is 38.7 Å². The van der Waals surface area contributed by atoms with E-state index in [0.717, 1.165) is 46.4 Å². The minimum Gasteiger partial charge on any atom is -0.494 e. The Kier molecular flexibility index (Phi) is 6.99. The highest BCUT2D eigenvalue weighted by Crippen LogP contribution is 2.24. The fourth-order valence-electron chi connectivity index (χ4n) is 2.60. The summed E-state index contributed by atoms with van der Waals surface area (Å²) in [6.45, 7) is 4.95. The Labute approximate surface area is 164 Å². The third-order valence-electron chi connectivity index (χ3n) is 4.18. The second kappa shape index (κ2) is 9.88. The van der Waals surface area contributed by atoms with E-state index < -0.39 is 0 Å². The molecule has 0 aliphatic heterocycles. The monoisotopic (exact) mass is 379 g/mol. The number of ether oxygens (including phenoxy) is 1. The maximum Gasteiger partial charge on any atom is 0.203 e. The number of hydrogen-bond acceptors (Lipinski definition) is 5. The van der Waals surface area contributed by atoms with Crippen molar-refractivity contribution in [2.24, 2.45) is 5.10 Å². The van der Waals surface area contributed by atoms with Crippen LogP contribution in [0.5, 0.6) is 5.75 Å². The van der Waals surface area contributed by atoms with Crippen LogP contribution in [0, 0.1) is 0 Å². The highest BCUT2D eigenvalue weighted by Gasteiger charge is 2.04.